The van der Waals surface area contributed by atoms with Gasteiger partial charge in [0, 0.05) is 5.57 Å². The summed E-state index contributed by atoms with van der Waals surface area (Å²) in [6, 6.07) is 0. The Morgan fingerprint density at radius 2 is 1.83 bits per heavy atom. The zero-order valence-corrected chi connectivity index (χ0v) is 11.4. The van der Waals surface area contributed by atoms with Gasteiger partial charge in [-0.05, 0) is 43.6 Å². The van der Waals surface area contributed by atoms with Crippen LogP contribution in [0.4, 0.5) is 0 Å². The fraction of sp³-hybridized carbons (Fsp3) is 0.667. The van der Waals surface area contributed by atoms with Crippen LogP contribution in [0.5, 0.6) is 0 Å². The molecule has 0 radical (unpaired) electrons. The van der Waals surface area contributed by atoms with Crippen molar-refractivity contribution in [2.75, 3.05) is 0 Å². The van der Waals surface area contributed by atoms with Crippen LogP contribution in [-0.2, 0) is 14.4 Å². The Labute approximate surface area is 108 Å². The first kappa shape index (κ1) is 13.2. The lowest BCUT2D eigenvalue weighted by atomic mass is 9.60. The van der Waals surface area contributed by atoms with Crippen molar-refractivity contribution in [2.24, 2.45) is 23.2 Å². The molecule has 0 amide bonds. The topological polar surface area (TPSA) is 51.2 Å². The zero-order valence-electron chi connectivity index (χ0n) is 11.4. The van der Waals surface area contributed by atoms with Crippen LogP contribution in [0.1, 0.15) is 40.5 Å². The first-order valence-electron chi connectivity index (χ1n) is 6.65. The second-order valence-corrected chi connectivity index (χ2v) is 6.05. The molecule has 1 spiro atoms. The fourth-order valence-electron chi connectivity index (χ4n) is 3.79. The zero-order chi connectivity index (χ0) is 13.7. The molecule has 18 heavy (non-hydrogen) atoms. The SMILES string of the molecule is CC1=CC(=O)[C@]2(C(=O)C1=O)[C@H](C)CC[C@@H]2C(C)C. The highest BCUT2D eigenvalue weighted by Gasteiger charge is 2.61. The monoisotopic (exact) mass is 248 g/mol. The minimum Gasteiger partial charge on any atom is -0.294 e. The van der Waals surface area contributed by atoms with Crippen molar-refractivity contribution in [3.8, 4) is 0 Å². The van der Waals surface area contributed by atoms with E-state index < -0.39 is 17.0 Å². The van der Waals surface area contributed by atoms with Crippen LogP contribution >= 0.6 is 0 Å². The molecule has 0 aromatic rings. The van der Waals surface area contributed by atoms with Crippen molar-refractivity contribution in [3.63, 3.8) is 0 Å². The molecule has 0 aromatic heterocycles. The maximum absolute atomic E-state index is 12.5. The van der Waals surface area contributed by atoms with E-state index in [4.69, 9.17) is 0 Å². The Kier molecular flexibility index (Phi) is 3.04. The summed E-state index contributed by atoms with van der Waals surface area (Å²) < 4.78 is 0. The van der Waals surface area contributed by atoms with Gasteiger partial charge in [-0.25, -0.2) is 0 Å². The molecule has 0 bridgehead atoms. The average Bonchev–Trinajstić information content (AvgIpc) is 2.63. The molecule has 0 aromatic carbocycles. The molecule has 2 aliphatic rings. The van der Waals surface area contributed by atoms with Crippen molar-refractivity contribution in [2.45, 2.75) is 40.5 Å². The van der Waals surface area contributed by atoms with Crippen LogP contribution in [0.3, 0.4) is 0 Å². The van der Waals surface area contributed by atoms with Crippen LogP contribution < -0.4 is 0 Å². The van der Waals surface area contributed by atoms with Crippen LogP contribution in [0.25, 0.3) is 0 Å². The third kappa shape index (κ3) is 1.46. The number of carbonyl (C=O) groups is 3. The van der Waals surface area contributed by atoms with Crippen LogP contribution in [0.15, 0.2) is 11.6 Å². The molecule has 0 aliphatic heterocycles. The largest absolute Gasteiger partial charge is 0.294 e. The van der Waals surface area contributed by atoms with E-state index in [2.05, 4.69) is 0 Å². The second-order valence-electron chi connectivity index (χ2n) is 6.05. The lowest BCUT2D eigenvalue weighted by molar-refractivity contribution is -0.152. The first-order chi connectivity index (χ1) is 8.33. The highest BCUT2D eigenvalue weighted by molar-refractivity contribution is 6.51. The minimum atomic E-state index is -1.06. The predicted molar refractivity (Wildman–Crippen MR) is 67.9 cm³/mol. The Morgan fingerprint density at radius 1 is 1.22 bits per heavy atom. The Bertz CT molecular complexity index is 458. The average molecular weight is 248 g/mol. The summed E-state index contributed by atoms with van der Waals surface area (Å²) in [5.41, 5.74) is -0.776. The van der Waals surface area contributed by atoms with Gasteiger partial charge in [0.25, 0.3) is 0 Å². The fourth-order valence-corrected chi connectivity index (χ4v) is 3.79. The van der Waals surface area contributed by atoms with Gasteiger partial charge in [0.05, 0.1) is 0 Å². The number of ketones is 3. The number of rotatable bonds is 1. The van der Waals surface area contributed by atoms with Crippen LogP contribution in [0.2, 0.25) is 0 Å². The molecule has 3 atom stereocenters. The predicted octanol–water partition coefficient (Wildman–Crippen LogP) is 2.34. The summed E-state index contributed by atoms with van der Waals surface area (Å²) in [5.74, 6) is -0.861. The van der Waals surface area contributed by atoms with Gasteiger partial charge in [-0.1, -0.05) is 20.8 Å². The second kappa shape index (κ2) is 4.15. The van der Waals surface area contributed by atoms with Gasteiger partial charge in [-0.15, -0.1) is 0 Å². The van der Waals surface area contributed by atoms with Crippen molar-refractivity contribution >= 4 is 17.3 Å². The molecule has 0 saturated heterocycles. The molecule has 2 aliphatic carbocycles. The molecule has 2 rings (SSSR count). The standard InChI is InChI=1S/C15H20O3/c1-8(2)11-6-5-10(4)15(11)12(16)7-9(3)13(17)14(15)18/h7-8,10-11H,5-6H2,1-4H3/t10-,11-,15+/m1/s1. The molecule has 3 heteroatoms. The van der Waals surface area contributed by atoms with Gasteiger partial charge in [0.2, 0.25) is 11.6 Å². The Balaban J connectivity index is 2.61. The number of allylic oxidation sites excluding steroid dienone is 2. The molecule has 98 valence electrons. The highest BCUT2D eigenvalue weighted by Crippen LogP contribution is 2.54. The number of hydrogen-bond donors (Lipinski definition) is 0. The molecule has 0 unspecified atom stereocenters. The van der Waals surface area contributed by atoms with Crippen LogP contribution in [-0.4, -0.2) is 17.3 Å². The van der Waals surface area contributed by atoms with Gasteiger partial charge >= 0.3 is 0 Å². The normalized spacial score (nSPS) is 36.7. The van der Waals surface area contributed by atoms with Crippen LogP contribution in [0, 0.1) is 23.2 Å². The van der Waals surface area contributed by atoms with Gasteiger partial charge in [0.1, 0.15) is 5.41 Å². The summed E-state index contributed by atoms with van der Waals surface area (Å²) in [6.45, 7) is 7.54. The summed E-state index contributed by atoms with van der Waals surface area (Å²) in [7, 11) is 0. The number of carbonyl (C=O) groups excluding carboxylic acids is 3. The smallest absolute Gasteiger partial charge is 0.225 e. The van der Waals surface area contributed by atoms with Gasteiger partial charge in [-0.3, -0.25) is 14.4 Å². The third-order valence-electron chi connectivity index (χ3n) is 4.77. The summed E-state index contributed by atoms with van der Waals surface area (Å²) in [4.78, 5) is 36.9. The quantitative estimate of drug-likeness (QED) is 0.528. The maximum atomic E-state index is 12.5. The van der Waals surface area contributed by atoms with Crippen molar-refractivity contribution in [1.82, 2.24) is 0 Å². The van der Waals surface area contributed by atoms with E-state index in [1.165, 1.54) is 6.08 Å². The number of Topliss-reactive ketones (excluding diaryl/α,β-unsaturated/α-hetero) is 2. The molecular weight excluding hydrogens is 228 g/mol. The number of hydrogen-bond acceptors (Lipinski definition) is 3. The Hall–Kier alpha value is -1.25. The summed E-state index contributed by atoms with van der Waals surface area (Å²) in [6.07, 6.45) is 3.10. The van der Waals surface area contributed by atoms with E-state index in [0.717, 1.165) is 12.8 Å². The van der Waals surface area contributed by atoms with Crippen molar-refractivity contribution < 1.29 is 14.4 Å². The third-order valence-corrected chi connectivity index (χ3v) is 4.77. The maximum Gasteiger partial charge on any atom is 0.225 e. The van der Waals surface area contributed by atoms with E-state index >= 15 is 0 Å². The molecule has 0 heterocycles. The van der Waals surface area contributed by atoms with Crippen molar-refractivity contribution in [1.29, 1.82) is 0 Å². The van der Waals surface area contributed by atoms with Gasteiger partial charge in [0.15, 0.2) is 5.78 Å². The van der Waals surface area contributed by atoms with Gasteiger partial charge in [-0.2, -0.15) is 0 Å². The van der Waals surface area contributed by atoms with E-state index in [1.54, 1.807) is 6.92 Å². The lowest BCUT2D eigenvalue weighted by Gasteiger charge is -2.38. The van der Waals surface area contributed by atoms with Gasteiger partial charge < -0.3 is 0 Å². The van der Waals surface area contributed by atoms with Crippen molar-refractivity contribution in [3.05, 3.63) is 11.6 Å². The minimum absolute atomic E-state index is 0.000741. The lowest BCUT2D eigenvalue weighted by Crippen LogP contribution is -2.53. The molecular formula is C15H20O3. The van der Waals surface area contributed by atoms with E-state index in [1.807, 2.05) is 20.8 Å². The van der Waals surface area contributed by atoms with E-state index in [0.29, 0.717) is 0 Å². The van der Waals surface area contributed by atoms with E-state index in [-0.39, 0.29) is 29.1 Å². The summed E-state index contributed by atoms with van der Waals surface area (Å²) >= 11 is 0. The molecule has 0 N–H and O–H groups in total. The molecule has 1 saturated carbocycles. The Morgan fingerprint density at radius 3 is 2.39 bits per heavy atom. The molecule has 1 fully saturated rings. The highest BCUT2D eigenvalue weighted by atomic mass is 16.2. The van der Waals surface area contributed by atoms with E-state index in [9.17, 15) is 14.4 Å². The molecule has 3 nitrogen and oxygen atoms in total. The summed E-state index contributed by atoms with van der Waals surface area (Å²) in [5, 5.41) is 0. The first-order valence-corrected chi connectivity index (χ1v) is 6.65.